The Balaban J connectivity index is 1.44. The molecule has 1 N–H and O–H groups in total. The van der Waals surface area contributed by atoms with Crippen molar-refractivity contribution in [1.82, 2.24) is 5.43 Å². The number of amides is 1. The van der Waals surface area contributed by atoms with E-state index in [1.165, 1.54) is 12.1 Å². The Bertz CT molecular complexity index is 1120. The van der Waals surface area contributed by atoms with Crippen molar-refractivity contribution in [2.75, 3.05) is 6.61 Å². The fraction of sp³-hybridized carbons (Fsp3) is 0.143. The summed E-state index contributed by atoms with van der Waals surface area (Å²) in [6, 6.07) is 17.5. The van der Waals surface area contributed by atoms with Gasteiger partial charge < -0.3 is 9.47 Å². The van der Waals surface area contributed by atoms with E-state index in [0.717, 1.165) is 10.8 Å². The number of rotatable bonds is 4. The molecule has 1 unspecified atom stereocenters. The molecule has 0 saturated heterocycles. The fourth-order valence-electron chi connectivity index (χ4n) is 2.99. The summed E-state index contributed by atoms with van der Waals surface area (Å²) in [4.78, 5) is 22.7. The molecular formula is C21H17N3O5. The van der Waals surface area contributed by atoms with Crippen LogP contribution in [0.3, 0.4) is 0 Å². The van der Waals surface area contributed by atoms with E-state index >= 15 is 0 Å². The molecule has 1 atom stereocenters. The molecule has 0 saturated carbocycles. The molecule has 1 amide bonds. The number of carbonyl (C=O) groups is 1. The number of hydrogen-bond donors (Lipinski definition) is 1. The summed E-state index contributed by atoms with van der Waals surface area (Å²) in [5.41, 5.74) is 3.63. The topological polar surface area (TPSA) is 103 Å². The number of non-ortho nitro benzene ring substituents is 1. The lowest BCUT2D eigenvalue weighted by molar-refractivity contribution is -0.384. The van der Waals surface area contributed by atoms with E-state index in [-0.39, 0.29) is 12.3 Å². The van der Waals surface area contributed by atoms with Gasteiger partial charge in [0.15, 0.2) is 11.5 Å². The Hall–Kier alpha value is -3.94. The molecule has 0 aliphatic carbocycles. The second-order valence-corrected chi connectivity index (χ2v) is 6.54. The summed E-state index contributed by atoms with van der Waals surface area (Å²) >= 11 is 0. The van der Waals surface area contributed by atoms with Crippen LogP contribution in [0.25, 0.3) is 10.8 Å². The smallest absolute Gasteiger partial charge is 0.284 e. The molecule has 8 heteroatoms. The highest BCUT2D eigenvalue weighted by atomic mass is 16.6. The third-order valence-electron chi connectivity index (χ3n) is 4.59. The molecule has 3 aromatic carbocycles. The predicted octanol–water partition coefficient (Wildman–Crippen LogP) is 3.43. The van der Waals surface area contributed by atoms with Gasteiger partial charge in [-0.3, -0.25) is 14.9 Å². The van der Waals surface area contributed by atoms with Gasteiger partial charge in [-0.15, -0.1) is 0 Å². The number of ether oxygens (including phenoxy) is 2. The van der Waals surface area contributed by atoms with Gasteiger partial charge in [0.1, 0.15) is 6.61 Å². The van der Waals surface area contributed by atoms with Crippen LogP contribution in [0.5, 0.6) is 11.5 Å². The van der Waals surface area contributed by atoms with Crippen LogP contribution in [0.2, 0.25) is 0 Å². The summed E-state index contributed by atoms with van der Waals surface area (Å²) in [5, 5.41) is 16.8. The molecular weight excluding hydrogens is 374 g/mol. The molecule has 1 heterocycles. The van der Waals surface area contributed by atoms with Crippen LogP contribution in [0, 0.1) is 10.1 Å². The maximum Gasteiger partial charge on any atom is 0.284 e. The van der Waals surface area contributed by atoms with Crippen LogP contribution >= 0.6 is 0 Å². The van der Waals surface area contributed by atoms with E-state index in [2.05, 4.69) is 10.5 Å². The Morgan fingerprint density at radius 2 is 1.76 bits per heavy atom. The van der Waals surface area contributed by atoms with Gasteiger partial charge in [-0.25, -0.2) is 5.43 Å². The number of nitro groups is 1. The number of nitrogens with one attached hydrogen (secondary N) is 1. The first-order valence-corrected chi connectivity index (χ1v) is 8.92. The highest BCUT2D eigenvalue weighted by Crippen LogP contribution is 2.35. The van der Waals surface area contributed by atoms with Crippen molar-refractivity contribution < 1.29 is 19.2 Å². The first kappa shape index (κ1) is 18.4. The van der Waals surface area contributed by atoms with Gasteiger partial charge in [-0.1, -0.05) is 24.3 Å². The molecule has 0 radical (unpaired) electrons. The summed E-state index contributed by atoms with van der Waals surface area (Å²) in [7, 11) is 0. The van der Waals surface area contributed by atoms with E-state index < -0.39 is 16.9 Å². The number of carbonyl (C=O) groups excluding carboxylic acids is 1. The van der Waals surface area contributed by atoms with E-state index in [4.69, 9.17) is 9.47 Å². The number of benzene rings is 3. The molecule has 4 rings (SSSR count). The summed E-state index contributed by atoms with van der Waals surface area (Å²) in [6.45, 7) is 1.77. The summed E-state index contributed by atoms with van der Waals surface area (Å²) in [5.74, 6) is 0.662. The molecule has 29 heavy (non-hydrogen) atoms. The third kappa shape index (κ3) is 3.86. The average Bonchev–Trinajstić information content (AvgIpc) is 2.75. The number of nitrogens with zero attached hydrogens (tertiary/aromatic N) is 2. The minimum atomic E-state index is -0.836. The maximum absolute atomic E-state index is 12.4. The van der Waals surface area contributed by atoms with Crippen LogP contribution in [0.1, 0.15) is 12.5 Å². The van der Waals surface area contributed by atoms with Crippen molar-refractivity contribution in [3.63, 3.8) is 0 Å². The molecule has 0 aromatic heterocycles. The standard InChI is InChI=1S/C21H17N3O5/c1-13(14-6-8-17(9-7-14)24(26)27)22-23-21(25)20-12-28-18-10-15-4-2-3-5-16(15)11-19(18)29-20/h2-11,20H,12H2,1H3,(H,23,25)/b22-13-. The lowest BCUT2D eigenvalue weighted by atomic mass is 10.1. The first-order valence-electron chi connectivity index (χ1n) is 8.92. The SMILES string of the molecule is C/C(=N/NC(=O)C1COc2cc3ccccc3cc2O1)c1ccc([N+](=O)[O-])cc1. The van der Waals surface area contributed by atoms with Crippen LogP contribution in [-0.4, -0.2) is 29.3 Å². The highest BCUT2D eigenvalue weighted by Gasteiger charge is 2.27. The van der Waals surface area contributed by atoms with Crippen LogP contribution in [0.15, 0.2) is 65.8 Å². The minimum Gasteiger partial charge on any atom is -0.485 e. The van der Waals surface area contributed by atoms with Crippen molar-refractivity contribution in [3.05, 3.63) is 76.3 Å². The highest BCUT2D eigenvalue weighted by molar-refractivity contribution is 5.99. The zero-order valence-electron chi connectivity index (χ0n) is 15.5. The Kier molecular flexibility index (Phi) is 4.82. The third-order valence-corrected chi connectivity index (χ3v) is 4.59. The minimum absolute atomic E-state index is 0.00970. The molecule has 146 valence electrons. The van der Waals surface area contributed by atoms with Crippen LogP contribution < -0.4 is 14.9 Å². The lowest BCUT2D eigenvalue weighted by Gasteiger charge is -2.25. The molecule has 1 aliphatic heterocycles. The average molecular weight is 391 g/mol. The van der Waals surface area contributed by atoms with Crippen molar-refractivity contribution in [3.8, 4) is 11.5 Å². The second-order valence-electron chi connectivity index (χ2n) is 6.54. The van der Waals surface area contributed by atoms with Gasteiger partial charge in [-0.05, 0) is 47.5 Å². The lowest BCUT2D eigenvalue weighted by Crippen LogP contribution is -2.42. The first-order chi connectivity index (χ1) is 14.0. The normalized spacial score (nSPS) is 15.8. The zero-order chi connectivity index (χ0) is 20.4. The van der Waals surface area contributed by atoms with Crippen molar-refractivity contribution in [2.45, 2.75) is 13.0 Å². The van der Waals surface area contributed by atoms with Gasteiger partial charge in [0, 0.05) is 12.1 Å². The second kappa shape index (κ2) is 7.59. The van der Waals surface area contributed by atoms with E-state index in [1.54, 1.807) is 19.1 Å². The zero-order valence-corrected chi connectivity index (χ0v) is 15.5. The van der Waals surface area contributed by atoms with Gasteiger partial charge in [0.05, 0.1) is 10.6 Å². The molecule has 1 aliphatic rings. The van der Waals surface area contributed by atoms with Crippen molar-refractivity contribution in [1.29, 1.82) is 0 Å². The molecule has 0 fully saturated rings. The van der Waals surface area contributed by atoms with E-state index in [0.29, 0.717) is 22.8 Å². The quantitative estimate of drug-likeness (QED) is 0.417. The van der Waals surface area contributed by atoms with Crippen LogP contribution in [-0.2, 0) is 4.79 Å². The molecule has 8 nitrogen and oxygen atoms in total. The van der Waals surface area contributed by atoms with Gasteiger partial charge >= 0.3 is 0 Å². The number of nitro benzene ring substituents is 1. The van der Waals surface area contributed by atoms with Crippen molar-refractivity contribution >= 4 is 28.1 Å². The Morgan fingerprint density at radius 3 is 2.41 bits per heavy atom. The van der Waals surface area contributed by atoms with Gasteiger partial charge in [-0.2, -0.15) is 5.10 Å². The Labute approximate surface area is 165 Å². The monoisotopic (exact) mass is 391 g/mol. The number of fused-ring (bicyclic) bond motifs is 2. The van der Waals surface area contributed by atoms with E-state index in [9.17, 15) is 14.9 Å². The fourth-order valence-corrected chi connectivity index (χ4v) is 2.99. The molecule has 0 bridgehead atoms. The number of hydrazone groups is 1. The van der Waals surface area contributed by atoms with E-state index in [1.807, 2.05) is 36.4 Å². The summed E-state index contributed by atoms with van der Waals surface area (Å²) < 4.78 is 11.5. The van der Waals surface area contributed by atoms with Gasteiger partial charge in [0.25, 0.3) is 11.6 Å². The molecule has 0 spiro atoms. The summed E-state index contributed by atoms with van der Waals surface area (Å²) in [6.07, 6.45) is -0.836. The number of hydrogen-bond acceptors (Lipinski definition) is 6. The van der Waals surface area contributed by atoms with Crippen LogP contribution in [0.4, 0.5) is 5.69 Å². The van der Waals surface area contributed by atoms with Gasteiger partial charge in [0.2, 0.25) is 6.10 Å². The predicted molar refractivity (Wildman–Crippen MR) is 107 cm³/mol. The molecule has 3 aromatic rings. The largest absolute Gasteiger partial charge is 0.485 e. The maximum atomic E-state index is 12.4. The Morgan fingerprint density at radius 1 is 1.10 bits per heavy atom. The van der Waals surface area contributed by atoms with Crippen molar-refractivity contribution in [2.24, 2.45) is 5.10 Å².